The lowest BCUT2D eigenvalue weighted by molar-refractivity contribution is -0.115. The van der Waals surface area contributed by atoms with Crippen LogP contribution in [0.25, 0.3) is 11.4 Å². The minimum atomic E-state index is -0.108. The van der Waals surface area contributed by atoms with Crippen LogP contribution in [-0.4, -0.2) is 54.2 Å². The van der Waals surface area contributed by atoms with E-state index in [9.17, 15) is 9.59 Å². The first-order valence-corrected chi connectivity index (χ1v) is 11.3. The number of amides is 2. The number of rotatable bonds is 7. The second-order valence-electron chi connectivity index (χ2n) is 8.10. The topological polar surface area (TPSA) is 107 Å². The summed E-state index contributed by atoms with van der Waals surface area (Å²) in [7, 11) is 3.11. The Morgan fingerprint density at radius 1 is 1.18 bits per heavy atom. The van der Waals surface area contributed by atoms with Crippen LogP contribution in [0.4, 0.5) is 5.69 Å². The fraction of sp³-hybridized carbons (Fsp3) is 0.360. The normalized spacial score (nSPS) is 15.6. The zero-order chi connectivity index (χ0) is 24.1. The SMILES string of the molecule is CCC(=O)Nc1cccc(-c2noc([C@@H]3CCCN(C(=O)c4ccc(OC)cc4OC)C3)n2)c1. The molecule has 3 aromatic rings. The van der Waals surface area contributed by atoms with E-state index in [1.165, 1.54) is 7.11 Å². The summed E-state index contributed by atoms with van der Waals surface area (Å²) in [6, 6.07) is 12.5. The quantitative estimate of drug-likeness (QED) is 0.560. The second kappa shape index (κ2) is 10.4. The molecular weight excluding hydrogens is 436 g/mol. The smallest absolute Gasteiger partial charge is 0.257 e. The van der Waals surface area contributed by atoms with Crippen molar-refractivity contribution in [2.75, 3.05) is 32.6 Å². The Morgan fingerprint density at radius 3 is 2.79 bits per heavy atom. The summed E-state index contributed by atoms with van der Waals surface area (Å²) in [5, 5.41) is 6.98. The molecule has 178 valence electrons. The van der Waals surface area contributed by atoms with E-state index in [2.05, 4.69) is 15.5 Å². The van der Waals surface area contributed by atoms with E-state index in [-0.39, 0.29) is 17.7 Å². The maximum Gasteiger partial charge on any atom is 0.257 e. The lowest BCUT2D eigenvalue weighted by Gasteiger charge is -2.31. The number of carbonyl (C=O) groups excluding carboxylic acids is 2. The number of nitrogens with one attached hydrogen (secondary N) is 1. The van der Waals surface area contributed by atoms with Gasteiger partial charge in [-0.2, -0.15) is 4.98 Å². The van der Waals surface area contributed by atoms with Crippen LogP contribution in [0.3, 0.4) is 0 Å². The summed E-state index contributed by atoms with van der Waals surface area (Å²) in [4.78, 5) is 31.3. The lowest BCUT2D eigenvalue weighted by Crippen LogP contribution is -2.39. The van der Waals surface area contributed by atoms with Crippen LogP contribution in [0.5, 0.6) is 11.5 Å². The molecule has 0 aliphatic carbocycles. The molecule has 0 saturated carbocycles. The van der Waals surface area contributed by atoms with Crippen molar-refractivity contribution in [3.63, 3.8) is 0 Å². The fourth-order valence-corrected chi connectivity index (χ4v) is 4.01. The van der Waals surface area contributed by atoms with E-state index >= 15 is 0 Å². The first-order chi connectivity index (χ1) is 16.5. The van der Waals surface area contributed by atoms with Gasteiger partial charge in [-0.05, 0) is 37.1 Å². The number of carbonyl (C=O) groups is 2. The van der Waals surface area contributed by atoms with Gasteiger partial charge in [0.2, 0.25) is 17.6 Å². The van der Waals surface area contributed by atoms with Crippen LogP contribution in [0.1, 0.15) is 48.4 Å². The molecule has 0 bridgehead atoms. The van der Waals surface area contributed by atoms with E-state index < -0.39 is 0 Å². The van der Waals surface area contributed by atoms with Gasteiger partial charge in [0.05, 0.1) is 25.7 Å². The summed E-state index contributed by atoms with van der Waals surface area (Å²) in [6.07, 6.45) is 2.07. The molecule has 0 spiro atoms. The summed E-state index contributed by atoms with van der Waals surface area (Å²) in [5.74, 6) is 1.81. The number of ether oxygens (including phenoxy) is 2. The molecule has 1 aliphatic heterocycles. The largest absolute Gasteiger partial charge is 0.497 e. The highest BCUT2D eigenvalue weighted by molar-refractivity contribution is 5.97. The molecule has 1 aromatic heterocycles. The van der Waals surface area contributed by atoms with Crippen molar-refractivity contribution >= 4 is 17.5 Å². The Hall–Kier alpha value is -3.88. The third kappa shape index (κ3) is 5.03. The van der Waals surface area contributed by atoms with E-state index in [1.54, 1.807) is 37.1 Å². The van der Waals surface area contributed by atoms with Crippen molar-refractivity contribution in [2.45, 2.75) is 32.1 Å². The lowest BCUT2D eigenvalue weighted by atomic mass is 9.97. The van der Waals surface area contributed by atoms with Crippen molar-refractivity contribution in [2.24, 2.45) is 0 Å². The minimum absolute atomic E-state index is 0.0635. The molecule has 0 radical (unpaired) electrons. The number of piperidine rings is 1. The van der Waals surface area contributed by atoms with Crippen molar-refractivity contribution in [3.05, 3.63) is 53.9 Å². The van der Waals surface area contributed by atoms with E-state index in [1.807, 2.05) is 24.3 Å². The maximum atomic E-state index is 13.2. The van der Waals surface area contributed by atoms with Gasteiger partial charge < -0.3 is 24.2 Å². The van der Waals surface area contributed by atoms with Gasteiger partial charge in [0, 0.05) is 36.8 Å². The van der Waals surface area contributed by atoms with Gasteiger partial charge in [0.1, 0.15) is 11.5 Å². The Morgan fingerprint density at radius 2 is 2.03 bits per heavy atom. The molecule has 2 aromatic carbocycles. The van der Waals surface area contributed by atoms with Gasteiger partial charge in [-0.3, -0.25) is 9.59 Å². The van der Waals surface area contributed by atoms with Crippen LogP contribution >= 0.6 is 0 Å². The number of hydrogen-bond acceptors (Lipinski definition) is 7. The number of nitrogens with zero attached hydrogens (tertiary/aromatic N) is 3. The fourth-order valence-electron chi connectivity index (χ4n) is 4.01. The van der Waals surface area contributed by atoms with Crippen LogP contribution < -0.4 is 14.8 Å². The second-order valence-corrected chi connectivity index (χ2v) is 8.10. The molecule has 2 amide bonds. The number of anilines is 1. The Bertz CT molecular complexity index is 1180. The van der Waals surface area contributed by atoms with Crippen LogP contribution in [0.2, 0.25) is 0 Å². The van der Waals surface area contributed by atoms with Gasteiger partial charge in [0.15, 0.2) is 0 Å². The Kier molecular flexibility index (Phi) is 7.10. The van der Waals surface area contributed by atoms with Gasteiger partial charge in [0.25, 0.3) is 5.91 Å². The number of likely N-dealkylation sites (tertiary alicyclic amines) is 1. The average molecular weight is 465 g/mol. The molecule has 1 N–H and O–H groups in total. The average Bonchev–Trinajstić information content (AvgIpc) is 3.38. The van der Waals surface area contributed by atoms with E-state index in [4.69, 9.17) is 14.0 Å². The molecular formula is C25H28N4O5. The zero-order valence-electron chi connectivity index (χ0n) is 19.5. The summed E-state index contributed by atoms with van der Waals surface area (Å²) >= 11 is 0. The molecule has 34 heavy (non-hydrogen) atoms. The number of methoxy groups -OCH3 is 2. The maximum absolute atomic E-state index is 13.2. The van der Waals surface area contributed by atoms with Gasteiger partial charge in [-0.1, -0.05) is 24.2 Å². The van der Waals surface area contributed by atoms with Crippen LogP contribution in [-0.2, 0) is 4.79 Å². The zero-order valence-corrected chi connectivity index (χ0v) is 19.5. The molecule has 1 aliphatic rings. The molecule has 1 atom stereocenters. The molecule has 1 fully saturated rings. The van der Waals surface area contributed by atoms with E-state index in [0.717, 1.165) is 18.4 Å². The van der Waals surface area contributed by atoms with Crippen molar-refractivity contribution in [3.8, 4) is 22.9 Å². The monoisotopic (exact) mass is 464 g/mol. The highest BCUT2D eigenvalue weighted by Gasteiger charge is 2.30. The van der Waals surface area contributed by atoms with Crippen molar-refractivity contribution in [1.29, 1.82) is 0 Å². The third-order valence-corrected chi connectivity index (χ3v) is 5.86. The summed E-state index contributed by atoms with van der Waals surface area (Å²) < 4.78 is 16.2. The predicted molar refractivity (Wildman–Crippen MR) is 126 cm³/mol. The van der Waals surface area contributed by atoms with E-state index in [0.29, 0.717) is 54.0 Å². The number of hydrogen-bond donors (Lipinski definition) is 1. The van der Waals surface area contributed by atoms with Crippen LogP contribution in [0, 0.1) is 0 Å². The molecule has 0 unspecified atom stereocenters. The molecule has 9 nitrogen and oxygen atoms in total. The third-order valence-electron chi connectivity index (χ3n) is 5.86. The van der Waals surface area contributed by atoms with Gasteiger partial charge in [-0.15, -0.1) is 0 Å². The minimum Gasteiger partial charge on any atom is -0.497 e. The first-order valence-electron chi connectivity index (χ1n) is 11.3. The number of benzene rings is 2. The molecule has 9 heteroatoms. The highest BCUT2D eigenvalue weighted by Crippen LogP contribution is 2.31. The number of aromatic nitrogens is 2. The van der Waals surface area contributed by atoms with Gasteiger partial charge >= 0.3 is 0 Å². The highest BCUT2D eigenvalue weighted by atomic mass is 16.5. The molecule has 1 saturated heterocycles. The first kappa shape index (κ1) is 23.3. The summed E-state index contributed by atoms with van der Waals surface area (Å²) in [5.41, 5.74) is 1.91. The Balaban J connectivity index is 1.49. The molecule has 2 heterocycles. The Labute approximate surface area is 198 Å². The van der Waals surface area contributed by atoms with Gasteiger partial charge in [-0.25, -0.2) is 0 Å². The standard InChI is InChI=1S/C25H28N4O5/c1-4-22(30)26-18-9-5-7-16(13-18)23-27-24(34-28-23)17-8-6-12-29(15-17)25(31)20-11-10-19(32-2)14-21(20)33-3/h5,7,9-11,13-14,17H,4,6,8,12,15H2,1-3H3,(H,26,30)/t17-/m1/s1. The van der Waals surface area contributed by atoms with Crippen LogP contribution in [0.15, 0.2) is 47.0 Å². The van der Waals surface area contributed by atoms with Crippen molar-refractivity contribution in [1.82, 2.24) is 15.0 Å². The van der Waals surface area contributed by atoms with Crippen molar-refractivity contribution < 1.29 is 23.6 Å². The predicted octanol–water partition coefficient (Wildman–Crippen LogP) is 4.12. The molecule has 4 rings (SSSR count). The summed E-state index contributed by atoms with van der Waals surface area (Å²) in [6.45, 7) is 2.92.